The van der Waals surface area contributed by atoms with E-state index in [1.54, 1.807) is 4.68 Å². The van der Waals surface area contributed by atoms with Gasteiger partial charge in [0.05, 0.1) is 52.6 Å². The van der Waals surface area contributed by atoms with Crippen LogP contribution < -0.4 is 41.3 Å². The van der Waals surface area contributed by atoms with Crippen molar-refractivity contribution in [2.24, 2.45) is 12.8 Å². The molecule has 13 heterocycles. The van der Waals surface area contributed by atoms with Crippen LogP contribution in [0, 0.1) is 13.8 Å². The molecule has 0 spiro atoms. The standard InChI is InChI=1S/2C30H34ClN5O.C29H32ClN5O.C27H32ClN7O/c1-20-18-33-28-26(20)27(25(19-34-28)21-7-5-4-6-8-21)35-13-15-36(16-14-35)29(37)24(17-30(2,3)32)22-9-11-23(31)12-10-22;1-20(2)32-19-26(23-9-11-24(31)12-10-23)30(37)36-15-13-35(14-16-36)28-25(22-7-5-4-6-8-22)18-34-29-27(28)21(3)17-33-29;1-20(2)32-19-26(22-8-10-23(30)11-9-22)29(36)35-16-14-34(15-17-35)27-24-12-13-31-28(24)33-18-25(27)21-6-4-3-5-7-21;1-18(2)30-16-24(19-4-6-21(28)7-5-19)27(36)35-12-10-34(11-13-35)25-22-8-9-29-26(22)31-15-23(25)20-14-32-33(3)17-20/h4-12,18-19,24H,13-17,32H2,1-3H3,(H,33,34);4-12,17-18,20,26,32H,13-16,19H2,1-3H3,(H,33,34);3-13,18,20,26,32H,14-17,19H2,1-2H3,(H,31,33);4-9,14-15,17-18,24,30H,10-13,16H2,1-3H3,(H,29,31)/t24-;2*26-;24-/m1111/s1. The number of H-pyrrole nitrogens is 4. The van der Waals surface area contributed by atoms with E-state index < -0.39 is 5.54 Å². The minimum absolute atomic E-state index is 0.126. The number of fused-ring (bicyclic) bond motifs is 4. The van der Waals surface area contributed by atoms with Crippen LogP contribution in [0.5, 0.6) is 0 Å². The smallest absolute Gasteiger partial charge is 0.231 e. The lowest BCUT2D eigenvalue weighted by atomic mass is 9.85. The molecular formula is C116H132Cl4N22O4. The van der Waals surface area contributed by atoms with Crippen molar-refractivity contribution in [3.63, 3.8) is 0 Å². The van der Waals surface area contributed by atoms with Crippen LogP contribution in [0.3, 0.4) is 0 Å². The van der Waals surface area contributed by atoms with Crippen molar-refractivity contribution in [1.82, 2.24) is 85.2 Å². The summed E-state index contributed by atoms with van der Waals surface area (Å²) >= 11 is 24.5. The van der Waals surface area contributed by atoms with Gasteiger partial charge in [-0.05, 0) is 145 Å². The molecular weight excluding hydrogens is 1910 g/mol. The molecule has 4 aliphatic rings. The Kier molecular flexibility index (Phi) is 33.8. The first-order chi connectivity index (χ1) is 70.5. The molecule has 4 atom stereocenters. The van der Waals surface area contributed by atoms with Gasteiger partial charge in [0.15, 0.2) is 0 Å². The number of aryl methyl sites for hydroxylation is 3. The molecule has 4 saturated heterocycles. The number of pyridine rings is 4. The molecule has 0 saturated carbocycles. The van der Waals surface area contributed by atoms with Gasteiger partial charge in [0.25, 0.3) is 0 Å². The molecule has 4 amide bonds. The fourth-order valence-corrected chi connectivity index (χ4v) is 20.8. The lowest BCUT2D eigenvalue weighted by molar-refractivity contribution is -0.134. The highest BCUT2D eigenvalue weighted by Gasteiger charge is 2.38. The van der Waals surface area contributed by atoms with E-state index in [-0.39, 0.29) is 47.3 Å². The van der Waals surface area contributed by atoms with Crippen LogP contribution in [0.2, 0.25) is 20.1 Å². The van der Waals surface area contributed by atoms with Crippen molar-refractivity contribution in [2.75, 3.05) is 144 Å². The maximum Gasteiger partial charge on any atom is 0.231 e. The number of anilines is 4. The highest BCUT2D eigenvalue weighted by Crippen LogP contribution is 2.44. The van der Waals surface area contributed by atoms with Crippen LogP contribution in [0.4, 0.5) is 22.7 Å². The number of nitrogens with one attached hydrogen (secondary N) is 7. The Labute approximate surface area is 875 Å². The van der Waals surface area contributed by atoms with Gasteiger partial charge in [0, 0.05) is 280 Å². The Hall–Kier alpha value is -13.4. The molecule has 9 aromatic heterocycles. The minimum atomic E-state index is -0.471. The van der Waals surface area contributed by atoms with Crippen LogP contribution in [0.15, 0.2) is 262 Å². The molecule has 0 radical (unpaired) electrons. The summed E-state index contributed by atoms with van der Waals surface area (Å²) in [5.41, 5.74) is 29.3. The van der Waals surface area contributed by atoms with Crippen LogP contribution >= 0.6 is 46.4 Å². The van der Waals surface area contributed by atoms with Crippen molar-refractivity contribution in [1.29, 1.82) is 0 Å². The predicted octanol–water partition coefficient (Wildman–Crippen LogP) is 20.7. The van der Waals surface area contributed by atoms with Crippen LogP contribution in [0.25, 0.3) is 88.6 Å². The van der Waals surface area contributed by atoms with Gasteiger partial charge < -0.3 is 80.8 Å². The van der Waals surface area contributed by atoms with Gasteiger partial charge in [0.1, 0.15) is 22.6 Å². The van der Waals surface area contributed by atoms with Gasteiger partial charge in [-0.2, -0.15) is 5.10 Å². The first kappa shape index (κ1) is 104. The second kappa shape index (κ2) is 47.4. The monoisotopic (exact) mass is 2040 g/mol. The third-order valence-electron chi connectivity index (χ3n) is 28.0. The fraction of sp³-hybridized carbons (Fsp3) is 0.336. The normalized spacial score (nSPS) is 15.1. The molecule has 26 nitrogen and oxygen atoms in total. The number of aromatic nitrogens is 10. The maximum atomic E-state index is 13.8. The van der Waals surface area contributed by atoms with E-state index in [0.717, 1.165) is 169 Å². The summed E-state index contributed by atoms with van der Waals surface area (Å²) < 4.78 is 1.80. The number of nitrogens with zero attached hydrogens (tertiary/aromatic N) is 14. The molecule has 4 aliphatic heterocycles. The highest BCUT2D eigenvalue weighted by atomic mass is 35.5. The third kappa shape index (κ3) is 24.8. The number of hydrogen-bond acceptors (Lipinski definition) is 17. The quantitative estimate of drug-likeness (QED) is 0.0237. The van der Waals surface area contributed by atoms with Gasteiger partial charge in [-0.15, -0.1) is 0 Å². The summed E-state index contributed by atoms with van der Waals surface area (Å²) in [6.45, 7) is 33.9. The second-order valence-corrected chi connectivity index (χ2v) is 41.7. The molecule has 146 heavy (non-hydrogen) atoms. The Bertz CT molecular complexity index is 7080. The van der Waals surface area contributed by atoms with E-state index >= 15 is 0 Å². The van der Waals surface area contributed by atoms with Crippen molar-refractivity contribution in [2.45, 2.75) is 123 Å². The minimum Gasteiger partial charge on any atom is -0.367 e. The van der Waals surface area contributed by atoms with E-state index in [4.69, 9.17) is 62.1 Å². The summed E-state index contributed by atoms with van der Waals surface area (Å²) in [7, 11) is 1.92. The summed E-state index contributed by atoms with van der Waals surface area (Å²) in [6, 6.07) is 66.8. The largest absolute Gasteiger partial charge is 0.367 e. The summed E-state index contributed by atoms with van der Waals surface area (Å²) in [4.78, 5) is 104. The highest BCUT2D eigenvalue weighted by molar-refractivity contribution is 6.31. The molecule has 9 N–H and O–H groups in total. The lowest BCUT2D eigenvalue weighted by Crippen LogP contribution is -2.51. The van der Waals surface area contributed by atoms with E-state index in [0.29, 0.717) is 117 Å². The number of rotatable bonds is 27. The average Bonchev–Trinajstić information content (AvgIpc) is 1.57. The van der Waals surface area contributed by atoms with Crippen LogP contribution in [-0.4, -0.2) is 241 Å². The molecule has 4 fully saturated rings. The van der Waals surface area contributed by atoms with Gasteiger partial charge in [0.2, 0.25) is 23.6 Å². The van der Waals surface area contributed by atoms with Gasteiger partial charge in [-0.25, -0.2) is 19.9 Å². The van der Waals surface area contributed by atoms with Crippen molar-refractivity contribution < 1.29 is 19.2 Å². The number of hydrogen-bond donors (Lipinski definition) is 8. The van der Waals surface area contributed by atoms with E-state index in [2.05, 4.69) is 211 Å². The number of benzene rings is 7. The Balaban J connectivity index is 0.000000133. The Morgan fingerprint density at radius 1 is 0.349 bits per heavy atom. The van der Waals surface area contributed by atoms with E-state index in [1.807, 2.05) is 218 Å². The average molecular weight is 2040 g/mol. The number of halogens is 4. The number of piperazine rings is 4. The fourth-order valence-electron chi connectivity index (χ4n) is 20.3. The zero-order chi connectivity index (χ0) is 102. The number of aromatic amines is 4. The summed E-state index contributed by atoms with van der Waals surface area (Å²) in [5.74, 6) is -0.437. The van der Waals surface area contributed by atoms with Crippen molar-refractivity contribution in [3.05, 3.63) is 316 Å². The zero-order valence-electron chi connectivity index (χ0n) is 85.0. The first-order valence-electron chi connectivity index (χ1n) is 50.7. The second-order valence-electron chi connectivity index (χ2n) is 40.0. The molecule has 0 bridgehead atoms. The Morgan fingerprint density at radius 2 is 0.623 bits per heavy atom. The van der Waals surface area contributed by atoms with Crippen LogP contribution in [0.1, 0.15) is 119 Å². The van der Waals surface area contributed by atoms with Gasteiger partial charge in [-0.3, -0.25) is 23.9 Å². The van der Waals surface area contributed by atoms with Gasteiger partial charge in [-0.1, -0.05) is 227 Å². The van der Waals surface area contributed by atoms with Crippen molar-refractivity contribution >= 4 is 137 Å². The molecule has 30 heteroatoms. The van der Waals surface area contributed by atoms with Crippen molar-refractivity contribution in [3.8, 4) is 44.5 Å². The number of amides is 4. The SMILES string of the molecule is CC(C)NC[C@@H](C(=O)N1CCN(c2c(-c3ccccc3)cnc3[nH]ccc23)CC1)c1ccc(Cl)cc1.CC(C)NC[C@@H](C(=O)N1CCN(c2c(-c3cnn(C)c3)cnc3[nH]ccc23)CC1)c1ccc(Cl)cc1.Cc1c[nH]c2ncc(-c3ccccc3)c(N3CCN(C(=O)[C@H](CC(C)(C)N)c4ccc(Cl)cc4)CC3)c12.Cc1c[nH]c2ncc(-c3ccccc3)c(N3CCN(C(=O)[C@H](CNC(C)C)c4ccc(Cl)cc4)CC3)c12. The van der Waals surface area contributed by atoms with Gasteiger partial charge >= 0.3 is 0 Å². The predicted molar refractivity (Wildman–Crippen MR) is 597 cm³/mol. The van der Waals surface area contributed by atoms with E-state index in [9.17, 15) is 19.2 Å². The maximum absolute atomic E-state index is 13.8. The molecule has 0 aliphatic carbocycles. The number of nitrogens with two attached hydrogens (primary N) is 1. The lowest BCUT2D eigenvalue weighted by Gasteiger charge is -2.39. The number of carbonyl (C=O) groups is 4. The third-order valence-corrected chi connectivity index (χ3v) is 29.0. The Morgan fingerprint density at radius 3 is 0.911 bits per heavy atom. The molecule has 16 aromatic rings. The molecule has 758 valence electrons. The first-order valence-corrected chi connectivity index (χ1v) is 52.2. The topological polar surface area (TPSA) is 289 Å². The number of carbonyl (C=O) groups excluding carboxylic acids is 4. The van der Waals surface area contributed by atoms with Crippen LogP contribution in [-0.2, 0) is 26.2 Å². The molecule has 7 aromatic carbocycles. The molecule has 20 rings (SSSR count). The summed E-state index contributed by atoms with van der Waals surface area (Å²) in [5, 5.41) is 21.9. The van der Waals surface area contributed by atoms with E-state index in [1.165, 1.54) is 28.2 Å². The molecule has 0 unspecified atom stereocenters. The summed E-state index contributed by atoms with van der Waals surface area (Å²) in [6.07, 6.45) is 20.1. The zero-order valence-corrected chi connectivity index (χ0v) is 88.0.